The summed E-state index contributed by atoms with van der Waals surface area (Å²) >= 11 is 0. The molecule has 8 heteroatoms. The van der Waals surface area contributed by atoms with Crippen LogP contribution in [0.25, 0.3) is 0 Å². The summed E-state index contributed by atoms with van der Waals surface area (Å²) in [5.41, 5.74) is -1.19. The van der Waals surface area contributed by atoms with Crippen LogP contribution in [0.1, 0.15) is 43.7 Å². The summed E-state index contributed by atoms with van der Waals surface area (Å²) in [6, 6.07) is 5.05. The van der Waals surface area contributed by atoms with Crippen LogP contribution in [0.4, 0.5) is 13.2 Å². The minimum atomic E-state index is -4.43. The van der Waals surface area contributed by atoms with Crippen molar-refractivity contribution in [3.05, 3.63) is 35.4 Å². The van der Waals surface area contributed by atoms with Crippen LogP contribution in [0.3, 0.4) is 0 Å². The van der Waals surface area contributed by atoms with Crippen LogP contribution >= 0.6 is 0 Å². The maximum atomic E-state index is 12.9. The molecule has 27 heavy (non-hydrogen) atoms. The SMILES string of the molecule is CCN(CC(=O)O)C1CC(NC(=O)C2(c3cccc(C(F)(F)F)c3)CC2)C1. The van der Waals surface area contributed by atoms with E-state index in [1.54, 1.807) is 6.07 Å². The van der Waals surface area contributed by atoms with Crippen molar-refractivity contribution in [1.82, 2.24) is 10.2 Å². The molecule has 1 aromatic carbocycles. The molecule has 1 aromatic rings. The van der Waals surface area contributed by atoms with E-state index in [1.165, 1.54) is 6.07 Å². The number of rotatable bonds is 7. The molecule has 3 rings (SSSR count). The van der Waals surface area contributed by atoms with Crippen LogP contribution in [0.15, 0.2) is 24.3 Å². The number of carboxylic acids is 1. The summed E-state index contributed by atoms with van der Waals surface area (Å²) in [5.74, 6) is -1.11. The Balaban J connectivity index is 1.60. The van der Waals surface area contributed by atoms with Crippen LogP contribution in [0, 0.1) is 0 Å². The van der Waals surface area contributed by atoms with Gasteiger partial charge in [0.1, 0.15) is 0 Å². The second-order valence-corrected chi connectivity index (χ2v) is 7.41. The van der Waals surface area contributed by atoms with E-state index in [0.29, 0.717) is 37.8 Å². The number of amides is 1. The highest BCUT2D eigenvalue weighted by atomic mass is 19.4. The lowest BCUT2D eigenvalue weighted by atomic mass is 9.84. The second-order valence-electron chi connectivity index (χ2n) is 7.41. The predicted octanol–water partition coefficient (Wildman–Crippen LogP) is 2.79. The van der Waals surface area contributed by atoms with Crippen molar-refractivity contribution in [2.24, 2.45) is 0 Å². The lowest BCUT2D eigenvalue weighted by Gasteiger charge is -2.42. The van der Waals surface area contributed by atoms with Crippen molar-refractivity contribution in [2.45, 2.75) is 56.3 Å². The first kappa shape index (κ1) is 19.7. The average molecular weight is 384 g/mol. The van der Waals surface area contributed by atoms with Gasteiger partial charge >= 0.3 is 12.1 Å². The van der Waals surface area contributed by atoms with Crippen LogP contribution in [-0.4, -0.2) is 47.1 Å². The Morgan fingerprint density at radius 2 is 1.96 bits per heavy atom. The van der Waals surface area contributed by atoms with Gasteiger partial charge in [-0.25, -0.2) is 0 Å². The van der Waals surface area contributed by atoms with E-state index in [9.17, 15) is 22.8 Å². The minimum absolute atomic E-state index is 0.0317. The van der Waals surface area contributed by atoms with Gasteiger partial charge in [0, 0.05) is 12.1 Å². The van der Waals surface area contributed by atoms with Crippen molar-refractivity contribution in [3.8, 4) is 0 Å². The van der Waals surface area contributed by atoms with Crippen molar-refractivity contribution in [2.75, 3.05) is 13.1 Å². The Hall–Kier alpha value is -2.09. The molecule has 0 bridgehead atoms. The van der Waals surface area contributed by atoms with Crippen LogP contribution in [0.5, 0.6) is 0 Å². The zero-order chi connectivity index (χ0) is 19.8. The molecule has 0 aliphatic heterocycles. The van der Waals surface area contributed by atoms with Gasteiger partial charge in [-0.3, -0.25) is 14.5 Å². The molecule has 0 spiro atoms. The molecular weight excluding hydrogens is 361 g/mol. The molecular formula is C19H23F3N2O3. The first-order valence-corrected chi connectivity index (χ1v) is 9.10. The highest BCUT2D eigenvalue weighted by molar-refractivity contribution is 5.91. The smallest absolute Gasteiger partial charge is 0.416 e. The number of likely N-dealkylation sites (N-methyl/N-ethyl adjacent to an activating group) is 1. The Bertz CT molecular complexity index is 725. The largest absolute Gasteiger partial charge is 0.480 e. The Kier molecular flexibility index (Phi) is 5.20. The molecule has 0 saturated heterocycles. The van der Waals surface area contributed by atoms with E-state index in [-0.39, 0.29) is 24.5 Å². The van der Waals surface area contributed by atoms with Crippen LogP contribution in [0.2, 0.25) is 0 Å². The summed E-state index contributed by atoms with van der Waals surface area (Å²) in [7, 11) is 0. The summed E-state index contributed by atoms with van der Waals surface area (Å²) in [5, 5.41) is 11.9. The van der Waals surface area contributed by atoms with E-state index in [1.807, 2.05) is 11.8 Å². The Morgan fingerprint density at radius 1 is 1.30 bits per heavy atom. The third kappa shape index (κ3) is 4.10. The minimum Gasteiger partial charge on any atom is -0.480 e. The van der Waals surface area contributed by atoms with Gasteiger partial charge in [0.15, 0.2) is 0 Å². The highest BCUT2D eigenvalue weighted by Gasteiger charge is 2.52. The lowest BCUT2D eigenvalue weighted by molar-refractivity contribution is -0.140. The number of aliphatic carboxylic acids is 1. The van der Waals surface area contributed by atoms with E-state index in [2.05, 4.69) is 5.32 Å². The fourth-order valence-corrected chi connectivity index (χ4v) is 3.77. The monoisotopic (exact) mass is 384 g/mol. The standard InChI is InChI=1S/C19H23F3N2O3/c1-2-24(11-16(25)26)15-9-14(10-15)23-17(27)18(6-7-18)12-4-3-5-13(8-12)19(20,21)22/h3-5,8,14-15H,2,6-7,9-11H2,1H3,(H,23,27)(H,25,26). The molecule has 2 aliphatic rings. The van der Waals surface area contributed by atoms with Gasteiger partial charge < -0.3 is 10.4 Å². The molecule has 0 aromatic heterocycles. The van der Waals surface area contributed by atoms with E-state index >= 15 is 0 Å². The van der Waals surface area contributed by atoms with Gasteiger partial charge in [-0.15, -0.1) is 0 Å². The van der Waals surface area contributed by atoms with Gasteiger partial charge in [-0.05, 0) is 43.9 Å². The number of nitrogens with zero attached hydrogens (tertiary/aromatic N) is 1. The average Bonchev–Trinajstić information content (AvgIpc) is 3.37. The normalized spacial score (nSPS) is 23.6. The Morgan fingerprint density at radius 3 is 2.48 bits per heavy atom. The number of carbonyl (C=O) groups is 2. The molecule has 0 unspecified atom stereocenters. The van der Waals surface area contributed by atoms with Gasteiger partial charge in [-0.1, -0.05) is 25.1 Å². The molecule has 0 atom stereocenters. The fraction of sp³-hybridized carbons (Fsp3) is 0.579. The first-order chi connectivity index (χ1) is 12.7. The van der Waals surface area contributed by atoms with Gasteiger partial charge in [0.2, 0.25) is 5.91 Å². The molecule has 2 saturated carbocycles. The number of alkyl halides is 3. The number of nitrogens with one attached hydrogen (secondary N) is 1. The quantitative estimate of drug-likeness (QED) is 0.759. The number of hydrogen-bond acceptors (Lipinski definition) is 3. The number of benzene rings is 1. The van der Waals surface area contributed by atoms with Crippen LogP contribution < -0.4 is 5.32 Å². The first-order valence-electron chi connectivity index (χ1n) is 9.10. The summed E-state index contributed by atoms with van der Waals surface area (Å²) < 4.78 is 38.8. The van der Waals surface area contributed by atoms with Crippen LogP contribution in [-0.2, 0) is 21.2 Å². The van der Waals surface area contributed by atoms with Crippen molar-refractivity contribution < 1.29 is 27.9 Å². The number of hydrogen-bond donors (Lipinski definition) is 2. The molecule has 0 heterocycles. The highest BCUT2D eigenvalue weighted by Crippen LogP contribution is 2.49. The maximum absolute atomic E-state index is 12.9. The van der Waals surface area contributed by atoms with Crippen molar-refractivity contribution in [3.63, 3.8) is 0 Å². The van der Waals surface area contributed by atoms with E-state index in [4.69, 9.17) is 5.11 Å². The zero-order valence-electron chi connectivity index (χ0n) is 15.1. The fourth-order valence-electron chi connectivity index (χ4n) is 3.77. The molecule has 148 valence electrons. The molecule has 2 fully saturated rings. The molecule has 1 amide bonds. The third-order valence-corrected chi connectivity index (χ3v) is 5.64. The van der Waals surface area contributed by atoms with Gasteiger partial charge in [-0.2, -0.15) is 13.2 Å². The summed E-state index contributed by atoms with van der Waals surface area (Å²) in [4.78, 5) is 25.4. The summed E-state index contributed by atoms with van der Waals surface area (Å²) in [6.45, 7) is 2.48. The molecule has 5 nitrogen and oxygen atoms in total. The molecule has 2 aliphatic carbocycles. The Labute approximate surface area is 155 Å². The van der Waals surface area contributed by atoms with E-state index in [0.717, 1.165) is 12.1 Å². The topological polar surface area (TPSA) is 69.6 Å². The number of carbonyl (C=O) groups excluding carboxylic acids is 1. The molecule has 2 N–H and O–H groups in total. The number of halogens is 3. The summed E-state index contributed by atoms with van der Waals surface area (Å²) in [6.07, 6.45) is -2.04. The van der Waals surface area contributed by atoms with Gasteiger partial charge in [0.25, 0.3) is 0 Å². The maximum Gasteiger partial charge on any atom is 0.416 e. The zero-order valence-corrected chi connectivity index (χ0v) is 15.1. The lowest BCUT2D eigenvalue weighted by Crippen LogP contribution is -2.56. The van der Waals surface area contributed by atoms with Crippen molar-refractivity contribution >= 4 is 11.9 Å². The molecule has 0 radical (unpaired) electrons. The van der Waals surface area contributed by atoms with Crippen molar-refractivity contribution in [1.29, 1.82) is 0 Å². The third-order valence-electron chi connectivity index (χ3n) is 5.64. The van der Waals surface area contributed by atoms with E-state index < -0.39 is 23.1 Å². The second kappa shape index (κ2) is 7.14. The predicted molar refractivity (Wildman–Crippen MR) is 92.2 cm³/mol. The number of carboxylic acid groups (broad SMARTS) is 1. The van der Waals surface area contributed by atoms with Gasteiger partial charge in [0.05, 0.1) is 17.5 Å².